The molecule has 99 heavy (non-hydrogen) atoms. The molecule has 2 fully saturated rings. The molecule has 24 nitrogen and oxygen atoms in total. The Morgan fingerprint density at radius 3 is 1.49 bits per heavy atom. The monoisotopic (exact) mass is 1380 g/mol. The van der Waals surface area contributed by atoms with Gasteiger partial charge in [-0.1, -0.05) is 84.1 Å². The number of urea groups is 1. The first-order chi connectivity index (χ1) is 46.5. The minimum atomic E-state index is -0.660. The molecule has 546 valence electrons. The Bertz CT molecular complexity index is 3270. The third-order valence-electron chi connectivity index (χ3n) is 17.4. The second kappa shape index (κ2) is 39.4. The molecule has 8 rings (SSSR count). The smallest absolute Gasteiger partial charge is 0.410 e. The van der Waals surface area contributed by atoms with Gasteiger partial charge >= 0.3 is 18.2 Å². The lowest BCUT2D eigenvalue weighted by Gasteiger charge is -2.34. The number of likely N-dealkylation sites (N-methyl/N-ethyl adjacent to an activating group) is 2. The summed E-state index contributed by atoms with van der Waals surface area (Å²) < 4.78 is 46.5. The van der Waals surface area contributed by atoms with Crippen molar-refractivity contribution in [2.24, 2.45) is 16.8 Å². The molecule has 0 radical (unpaired) electrons. The van der Waals surface area contributed by atoms with Crippen LogP contribution in [0.15, 0.2) is 89.9 Å². The highest BCUT2D eigenvalue weighted by molar-refractivity contribution is 5.90. The summed E-state index contributed by atoms with van der Waals surface area (Å²) in [6.45, 7) is 21.3. The molecular formula is C75H110N8O16. The van der Waals surface area contributed by atoms with Crippen molar-refractivity contribution in [1.82, 2.24) is 24.9 Å². The fraction of sp³-hybridized carbons (Fsp3) is 0.600. The zero-order valence-electron chi connectivity index (χ0n) is 60.1. The third-order valence-corrected chi connectivity index (χ3v) is 17.4. The molecule has 2 aliphatic heterocycles. The van der Waals surface area contributed by atoms with Gasteiger partial charge in [-0.05, 0) is 141 Å². The van der Waals surface area contributed by atoms with Crippen LogP contribution in [0.2, 0.25) is 0 Å². The van der Waals surface area contributed by atoms with Gasteiger partial charge in [-0.3, -0.25) is 19.7 Å². The highest BCUT2D eigenvalue weighted by Gasteiger charge is 2.36. The topological polar surface area (TPSA) is 269 Å². The maximum absolute atomic E-state index is 14.0. The van der Waals surface area contributed by atoms with E-state index in [-0.39, 0.29) is 93.5 Å². The minimum absolute atomic E-state index is 0. The van der Waals surface area contributed by atoms with Gasteiger partial charge in [0.25, 0.3) is 5.69 Å². The number of non-ortho nitro benzene ring substituents is 1. The van der Waals surface area contributed by atoms with Gasteiger partial charge in [0, 0.05) is 74.0 Å². The van der Waals surface area contributed by atoms with E-state index in [1.54, 1.807) is 78.3 Å². The number of benzene rings is 4. The maximum Gasteiger partial charge on any atom is 0.410 e. The number of methoxy groups -OCH3 is 2. The summed E-state index contributed by atoms with van der Waals surface area (Å²) in [6, 6.07) is 24.6. The van der Waals surface area contributed by atoms with E-state index in [0.29, 0.717) is 67.3 Å². The second-order valence-corrected chi connectivity index (χ2v) is 28.2. The van der Waals surface area contributed by atoms with E-state index in [2.05, 4.69) is 15.6 Å². The van der Waals surface area contributed by atoms with Gasteiger partial charge in [0.15, 0.2) is 0 Å². The van der Waals surface area contributed by atoms with E-state index in [1.165, 1.54) is 53.7 Å². The summed E-state index contributed by atoms with van der Waals surface area (Å²) in [4.78, 5) is 97.0. The van der Waals surface area contributed by atoms with Gasteiger partial charge in [-0.25, -0.2) is 24.2 Å². The quantitative estimate of drug-likeness (QED) is 0.0360. The predicted molar refractivity (Wildman–Crippen MR) is 380 cm³/mol. The SMILES string of the molecule is C.COc1ccc(COC[C@H](C)N2C[C@@H](C)[C@H](CN(C)C(=O)OC(C)(C)C)Oc3ccc(NC(=O)NC4CCCCC4)cc3CC2=O)cc1.COc1ccc(COC[C@H](C)N2C[C@@H](C)[C@H](CN(C)C(=O)OC(C)(C)C)Oc3ccc([N+](=O)[O-])cc3CC2=O)cc1.O=C=NC1CCCCC1. The van der Waals surface area contributed by atoms with Crippen LogP contribution in [0.1, 0.15) is 163 Å². The fourth-order valence-corrected chi connectivity index (χ4v) is 11.8. The number of rotatable bonds is 20. The molecule has 6 atom stereocenters. The number of anilines is 1. The lowest BCUT2D eigenvalue weighted by Crippen LogP contribution is -2.48. The molecule has 0 bridgehead atoms. The van der Waals surface area contributed by atoms with E-state index >= 15 is 0 Å². The van der Waals surface area contributed by atoms with E-state index in [9.17, 15) is 38.9 Å². The number of aliphatic imine (C=N–C) groups is 1. The number of nitrogens with zero attached hydrogens (tertiary/aromatic N) is 6. The van der Waals surface area contributed by atoms with Gasteiger partial charge < -0.3 is 68.1 Å². The number of isocyanates is 1. The Labute approximate surface area is 586 Å². The van der Waals surface area contributed by atoms with Crippen molar-refractivity contribution in [3.05, 3.63) is 117 Å². The summed E-state index contributed by atoms with van der Waals surface area (Å²) in [5.74, 6) is 1.85. The van der Waals surface area contributed by atoms with Crippen molar-refractivity contribution in [2.75, 3.05) is 73.0 Å². The van der Waals surface area contributed by atoms with Crippen LogP contribution in [0.3, 0.4) is 0 Å². The number of nitrogens with one attached hydrogen (secondary N) is 2. The van der Waals surface area contributed by atoms with Crippen molar-refractivity contribution in [2.45, 2.75) is 215 Å². The summed E-state index contributed by atoms with van der Waals surface area (Å²) in [5, 5.41) is 17.5. The number of fused-ring (bicyclic) bond motifs is 2. The van der Waals surface area contributed by atoms with Crippen LogP contribution in [0.4, 0.5) is 25.8 Å². The molecule has 0 aromatic heterocycles. The number of nitro groups is 1. The molecule has 2 N–H and O–H groups in total. The molecule has 0 spiro atoms. The molecule has 0 unspecified atom stereocenters. The number of carbonyl (C=O) groups is 5. The molecule has 0 saturated heterocycles. The van der Waals surface area contributed by atoms with E-state index in [1.807, 2.05) is 102 Å². The molecular weight excluding hydrogens is 1270 g/mol. The highest BCUT2D eigenvalue weighted by Crippen LogP contribution is 2.33. The Morgan fingerprint density at radius 1 is 0.657 bits per heavy atom. The van der Waals surface area contributed by atoms with Crippen molar-refractivity contribution < 1.29 is 71.6 Å². The fourth-order valence-electron chi connectivity index (χ4n) is 11.8. The number of hydrogen-bond acceptors (Lipinski definition) is 17. The number of amides is 6. The zero-order valence-corrected chi connectivity index (χ0v) is 60.1. The van der Waals surface area contributed by atoms with E-state index in [0.717, 1.165) is 61.2 Å². The highest BCUT2D eigenvalue weighted by atomic mass is 16.6. The third kappa shape index (κ3) is 27.3. The van der Waals surface area contributed by atoms with Crippen LogP contribution in [0.5, 0.6) is 23.0 Å². The Balaban J connectivity index is 0.000000316. The van der Waals surface area contributed by atoms with Crippen LogP contribution in [-0.4, -0.2) is 176 Å². The summed E-state index contributed by atoms with van der Waals surface area (Å²) in [7, 11) is 6.56. The van der Waals surface area contributed by atoms with E-state index < -0.39 is 40.5 Å². The maximum atomic E-state index is 14.0. The van der Waals surface area contributed by atoms with Crippen molar-refractivity contribution in [1.29, 1.82) is 0 Å². The first-order valence-corrected chi connectivity index (χ1v) is 34.3. The first-order valence-electron chi connectivity index (χ1n) is 34.3. The van der Waals surface area contributed by atoms with Crippen LogP contribution in [-0.2, 0) is 59.4 Å². The lowest BCUT2D eigenvalue weighted by molar-refractivity contribution is -0.384. The molecule has 4 aromatic rings. The molecule has 6 amide bonds. The standard InChI is InChI=1S/C37H54N4O7.C30H41N3O8.C7H11NO.CH4/c1-25-21-41(26(2)23-46-24-27-13-16-31(45-7)17-14-27)34(42)20-28-19-30(39-35(43)38-29-11-9-8-10-12-29)15-18-32(28)47-33(25)22-40(6)36(44)48-37(3,4)5;1-20-16-32(21(2)18-39-19-22-8-11-25(38-7)12-9-22)28(34)15-23-14-24(33(36)37)10-13-26(23)40-27(20)17-31(6)29(35)41-30(3,4)5;9-6-8-7-4-2-1-3-5-7;/h13-19,25-26,29,33H,8-12,20-24H2,1-7H3,(H2,38,39,43);8-14,20-21,27H,15-19H2,1-7H3;7H,1-5H2;1H4/t25-,26+,33+;20-,21+,27+;;/m11../s1. The zero-order chi connectivity index (χ0) is 71.7. The molecule has 24 heteroatoms. The molecule has 2 saturated carbocycles. The van der Waals surface area contributed by atoms with Crippen molar-refractivity contribution >= 4 is 47.5 Å². The first kappa shape index (κ1) is 81.2. The van der Waals surface area contributed by atoms with E-state index in [4.69, 9.17) is 37.9 Å². The average molecular weight is 1380 g/mol. The van der Waals surface area contributed by atoms with Crippen molar-refractivity contribution in [3.63, 3.8) is 0 Å². The summed E-state index contributed by atoms with van der Waals surface area (Å²) in [5.41, 5.74) is 2.21. The van der Waals surface area contributed by atoms with Gasteiger partial charge in [0.2, 0.25) is 17.9 Å². The Hall–Kier alpha value is -8.47. The van der Waals surface area contributed by atoms with Gasteiger partial charge in [0.05, 0.1) is 89.6 Å². The lowest BCUT2D eigenvalue weighted by atomic mass is 9.96. The molecule has 4 aliphatic rings. The predicted octanol–water partition coefficient (Wildman–Crippen LogP) is 13.5. The molecule has 2 heterocycles. The summed E-state index contributed by atoms with van der Waals surface area (Å²) in [6.07, 6.45) is 11.1. The molecule has 4 aromatic carbocycles. The normalized spacial score (nSPS) is 18.9. The Kier molecular flexibility index (Phi) is 32.3. The van der Waals surface area contributed by atoms with Crippen LogP contribution in [0.25, 0.3) is 0 Å². The van der Waals surface area contributed by atoms with Gasteiger partial charge in [-0.2, -0.15) is 0 Å². The minimum Gasteiger partial charge on any atom is -0.497 e. The molecule has 2 aliphatic carbocycles. The number of nitro benzene ring substituents is 1. The second-order valence-electron chi connectivity index (χ2n) is 28.2. The van der Waals surface area contributed by atoms with Gasteiger partial charge in [0.1, 0.15) is 46.4 Å². The number of ether oxygens (including phenoxy) is 8. The average Bonchev–Trinajstić information content (AvgIpc) is 1.06. The van der Waals surface area contributed by atoms with Crippen LogP contribution < -0.4 is 29.6 Å². The largest absolute Gasteiger partial charge is 0.497 e. The van der Waals surface area contributed by atoms with Gasteiger partial charge in [-0.15, -0.1) is 0 Å². The summed E-state index contributed by atoms with van der Waals surface area (Å²) >= 11 is 0. The number of hydrogen-bond donors (Lipinski definition) is 2. The number of carbonyl (C=O) groups excluding carboxylic acids is 6. The van der Waals surface area contributed by atoms with Crippen LogP contribution >= 0.6 is 0 Å². The van der Waals surface area contributed by atoms with Crippen molar-refractivity contribution in [3.8, 4) is 23.0 Å². The Morgan fingerprint density at radius 2 is 1.08 bits per heavy atom. The van der Waals surface area contributed by atoms with Crippen LogP contribution in [0, 0.1) is 22.0 Å².